The fraction of sp³-hybridized carbons (Fsp3) is 0.500. The van der Waals surface area contributed by atoms with Gasteiger partial charge in [0.1, 0.15) is 18.0 Å². The molecule has 1 aromatic rings. The quantitative estimate of drug-likeness (QED) is 0.807. The van der Waals surface area contributed by atoms with Crippen molar-refractivity contribution in [1.29, 1.82) is 0 Å². The SMILES string of the molecule is COc1ccc(COC(=O)[C@@H](O)CC(=O)OC(C)(C)C)cc1. The van der Waals surface area contributed by atoms with Gasteiger partial charge >= 0.3 is 11.9 Å². The van der Waals surface area contributed by atoms with Gasteiger partial charge in [-0.1, -0.05) is 12.1 Å². The Morgan fingerprint density at radius 2 is 1.77 bits per heavy atom. The van der Waals surface area contributed by atoms with E-state index in [1.54, 1.807) is 52.1 Å². The first-order valence-electron chi connectivity index (χ1n) is 6.91. The summed E-state index contributed by atoms with van der Waals surface area (Å²) in [5.41, 5.74) is 0.0858. The van der Waals surface area contributed by atoms with Gasteiger partial charge < -0.3 is 19.3 Å². The van der Waals surface area contributed by atoms with Crippen LogP contribution in [-0.2, 0) is 25.7 Å². The first-order chi connectivity index (χ1) is 10.2. The number of aliphatic hydroxyl groups is 1. The summed E-state index contributed by atoms with van der Waals surface area (Å²) in [5, 5.41) is 9.65. The topological polar surface area (TPSA) is 82.1 Å². The van der Waals surface area contributed by atoms with Crippen LogP contribution in [0.5, 0.6) is 5.75 Å². The predicted octanol–water partition coefficient (Wildman–Crippen LogP) is 1.83. The molecule has 0 bridgehead atoms. The normalized spacial score (nSPS) is 12.4. The van der Waals surface area contributed by atoms with Gasteiger partial charge in [-0.3, -0.25) is 4.79 Å². The summed E-state index contributed by atoms with van der Waals surface area (Å²) < 4.78 is 15.0. The lowest BCUT2D eigenvalue weighted by atomic mass is 10.2. The highest BCUT2D eigenvalue weighted by molar-refractivity contribution is 5.81. The highest BCUT2D eigenvalue weighted by Crippen LogP contribution is 2.13. The van der Waals surface area contributed by atoms with E-state index in [0.29, 0.717) is 5.75 Å². The zero-order valence-electron chi connectivity index (χ0n) is 13.3. The Kier molecular flexibility index (Phi) is 6.37. The van der Waals surface area contributed by atoms with Crippen LogP contribution in [0.25, 0.3) is 0 Å². The molecule has 0 heterocycles. The van der Waals surface area contributed by atoms with Crippen molar-refractivity contribution in [2.75, 3.05) is 7.11 Å². The molecule has 22 heavy (non-hydrogen) atoms. The molecule has 0 aromatic heterocycles. The van der Waals surface area contributed by atoms with E-state index in [1.165, 1.54) is 0 Å². The summed E-state index contributed by atoms with van der Waals surface area (Å²) in [6.07, 6.45) is -1.97. The maximum atomic E-state index is 11.6. The smallest absolute Gasteiger partial charge is 0.335 e. The average Bonchev–Trinajstić information content (AvgIpc) is 2.43. The summed E-state index contributed by atoms with van der Waals surface area (Å²) in [7, 11) is 1.56. The van der Waals surface area contributed by atoms with Gasteiger partial charge in [0.25, 0.3) is 0 Å². The molecule has 0 aliphatic carbocycles. The molecule has 0 unspecified atom stereocenters. The molecule has 0 aliphatic rings. The Labute approximate surface area is 130 Å². The zero-order valence-corrected chi connectivity index (χ0v) is 13.3. The Bertz CT molecular complexity index is 500. The number of carbonyl (C=O) groups excluding carboxylic acids is 2. The van der Waals surface area contributed by atoms with Crippen LogP contribution < -0.4 is 4.74 Å². The van der Waals surface area contributed by atoms with Crippen molar-refractivity contribution in [3.8, 4) is 5.75 Å². The average molecular weight is 310 g/mol. The summed E-state index contributed by atoms with van der Waals surface area (Å²) in [6, 6.07) is 6.96. The number of ether oxygens (including phenoxy) is 3. The largest absolute Gasteiger partial charge is 0.497 e. The van der Waals surface area contributed by atoms with Gasteiger partial charge in [-0.05, 0) is 38.5 Å². The number of hydrogen-bond acceptors (Lipinski definition) is 6. The number of carbonyl (C=O) groups is 2. The number of aliphatic hydroxyl groups excluding tert-OH is 1. The zero-order chi connectivity index (χ0) is 16.8. The van der Waals surface area contributed by atoms with Gasteiger partial charge in [0.15, 0.2) is 6.10 Å². The molecule has 0 aliphatic heterocycles. The third-order valence-corrected chi connectivity index (χ3v) is 2.59. The molecule has 0 saturated carbocycles. The van der Waals surface area contributed by atoms with Gasteiger partial charge in [-0.2, -0.15) is 0 Å². The first-order valence-corrected chi connectivity index (χ1v) is 6.91. The minimum atomic E-state index is -1.53. The standard InChI is InChI=1S/C16H22O6/c1-16(2,3)22-14(18)9-13(17)15(19)21-10-11-5-7-12(20-4)8-6-11/h5-8,13,17H,9-10H2,1-4H3/t13-/m0/s1. The molecule has 122 valence electrons. The molecule has 0 amide bonds. The third kappa shape index (κ3) is 6.58. The maximum absolute atomic E-state index is 11.6. The third-order valence-electron chi connectivity index (χ3n) is 2.59. The second kappa shape index (κ2) is 7.79. The van der Waals surface area contributed by atoms with E-state index in [0.717, 1.165) is 5.56 Å². The summed E-state index contributed by atoms with van der Waals surface area (Å²) in [6.45, 7) is 5.13. The minimum absolute atomic E-state index is 0.00814. The van der Waals surface area contributed by atoms with E-state index >= 15 is 0 Å². The number of rotatable bonds is 6. The van der Waals surface area contributed by atoms with Gasteiger partial charge in [0, 0.05) is 0 Å². The van der Waals surface area contributed by atoms with Gasteiger partial charge in [-0.15, -0.1) is 0 Å². The Morgan fingerprint density at radius 1 is 1.18 bits per heavy atom. The number of esters is 2. The van der Waals surface area contributed by atoms with E-state index in [4.69, 9.17) is 14.2 Å². The summed E-state index contributed by atoms with van der Waals surface area (Å²) >= 11 is 0. The number of benzene rings is 1. The molecule has 0 radical (unpaired) electrons. The molecule has 1 rings (SSSR count). The van der Waals surface area contributed by atoms with Crippen molar-refractivity contribution in [1.82, 2.24) is 0 Å². The van der Waals surface area contributed by atoms with E-state index in [1.807, 2.05) is 0 Å². The Hall–Kier alpha value is -2.08. The molecule has 0 fully saturated rings. The van der Waals surface area contributed by atoms with E-state index in [-0.39, 0.29) is 6.61 Å². The molecular weight excluding hydrogens is 288 g/mol. The fourth-order valence-corrected chi connectivity index (χ4v) is 1.60. The molecule has 1 atom stereocenters. The molecule has 1 aromatic carbocycles. The van der Waals surface area contributed by atoms with Crippen LogP contribution in [0, 0.1) is 0 Å². The molecule has 0 saturated heterocycles. The van der Waals surface area contributed by atoms with E-state index in [2.05, 4.69) is 0 Å². The van der Waals surface area contributed by atoms with Gasteiger partial charge in [0.2, 0.25) is 0 Å². The fourth-order valence-electron chi connectivity index (χ4n) is 1.60. The molecule has 6 heteroatoms. The van der Waals surface area contributed by atoms with E-state index in [9.17, 15) is 14.7 Å². The van der Waals surface area contributed by atoms with Crippen molar-refractivity contribution >= 4 is 11.9 Å². The molecular formula is C16H22O6. The van der Waals surface area contributed by atoms with Crippen molar-refractivity contribution in [3.63, 3.8) is 0 Å². The highest BCUT2D eigenvalue weighted by atomic mass is 16.6. The van der Waals surface area contributed by atoms with Gasteiger partial charge in [-0.25, -0.2) is 4.79 Å². The summed E-state index contributed by atoms with van der Waals surface area (Å²) in [5.74, 6) is -0.817. The predicted molar refractivity (Wildman–Crippen MR) is 79.3 cm³/mol. The maximum Gasteiger partial charge on any atom is 0.335 e. The lowest BCUT2D eigenvalue weighted by Gasteiger charge is -2.20. The number of methoxy groups -OCH3 is 1. The number of hydrogen-bond donors (Lipinski definition) is 1. The van der Waals surface area contributed by atoms with Crippen molar-refractivity contribution < 1.29 is 28.9 Å². The monoisotopic (exact) mass is 310 g/mol. The van der Waals surface area contributed by atoms with Crippen LogP contribution in [0.4, 0.5) is 0 Å². The summed E-state index contributed by atoms with van der Waals surface area (Å²) in [4.78, 5) is 23.2. The highest BCUT2D eigenvalue weighted by Gasteiger charge is 2.24. The van der Waals surface area contributed by atoms with Crippen molar-refractivity contribution in [2.45, 2.75) is 45.5 Å². The first kappa shape index (κ1) is 18.0. The molecule has 6 nitrogen and oxygen atoms in total. The van der Waals surface area contributed by atoms with Crippen molar-refractivity contribution in [2.24, 2.45) is 0 Å². The second-order valence-electron chi connectivity index (χ2n) is 5.76. The van der Waals surface area contributed by atoms with Crippen LogP contribution >= 0.6 is 0 Å². The molecule has 0 spiro atoms. The Balaban J connectivity index is 2.42. The van der Waals surface area contributed by atoms with Crippen LogP contribution in [0.2, 0.25) is 0 Å². The molecule has 1 N–H and O–H groups in total. The lowest BCUT2D eigenvalue weighted by Crippen LogP contribution is -2.30. The Morgan fingerprint density at radius 3 is 2.27 bits per heavy atom. The lowest BCUT2D eigenvalue weighted by molar-refractivity contribution is -0.166. The van der Waals surface area contributed by atoms with Crippen LogP contribution in [0.3, 0.4) is 0 Å². The van der Waals surface area contributed by atoms with Gasteiger partial charge in [0.05, 0.1) is 13.5 Å². The van der Waals surface area contributed by atoms with Crippen LogP contribution in [0.1, 0.15) is 32.8 Å². The van der Waals surface area contributed by atoms with Crippen LogP contribution in [-0.4, -0.2) is 35.9 Å². The van der Waals surface area contributed by atoms with E-state index < -0.39 is 30.1 Å². The minimum Gasteiger partial charge on any atom is -0.497 e. The van der Waals surface area contributed by atoms with Crippen molar-refractivity contribution in [3.05, 3.63) is 29.8 Å². The second-order valence-corrected chi connectivity index (χ2v) is 5.76. The van der Waals surface area contributed by atoms with Crippen LogP contribution in [0.15, 0.2) is 24.3 Å².